The van der Waals surface area contributed by atoms with Crippen molar-refractivity contribution in [1.82, 2.24) is 0 Å². The molecular weight excluding hydrogens is 371 g/mol. The maximum atomic E-state index is 10.5. The lowest BCUT2D eigenvalue weighted by Crippen LogP contribution is -1.95. The van der Waals surface area contributed by atoms with Crippen molar-refractivity contribution in [3.05, 3.63) is 40.4 Å². The normalized spacial score (nSPS) is 9.86. The highest BCUT2D eigenvalue weighted by molar-refractivity contribution is 14.1. The van der Waals surface area contributed by atoms with Crippen LogP contribution in [0.2, 0.25) is 0 Å². The van der Waals surface area contributed by atoms with Gasteiger partial charge >= 0.3 is 0 Å². The summed E-state index contributed by atoms with van der Waals surface area (Å²) < 4.78 is 0.586. The fourth-order valence-corrected chi connectivity index (χ4v) is 2.39. The molecule has 0 aliphatic heterocycles. The molecule has 6 nitrogen and oxygen atoms in total. The third-order valence-electron chi connectivity index (χ3n) is 1.41. The number of benzene rings is 1. The summed E-state index contributed by atoms with van der Waals surface area (Å²) in [6, 6.07) is 2.28. The molecule has 0 aromatic heterocycles. The number of hydrogen-bond donors (Lipinski definition) is 0. The molecule has 1 aromatic carbocycles. The second-order valence-corrected chi connectivity index (χ2v) is 4.29. The van der Waals surface area contributed by atoms with Gasteiger partial charge in [0.2, 0.25) is 0 Å². The molecule has 0 atom stereocenters. The van der Waals surface area contributed by atoms with E-state index in [0.717, 1.165) is 6.07 Å². The maximum Gasteiger partial charge on any atom is 0.290 e. The first-order chi connectivity index (χ1) is 6.43. The Morgan fingerprint density at radius 2 is 1.64 bits per heavy atom. The number of nitro groups is 2. The van der Waals surface area contributed by atoms with Crippen LogP contribution in [0.5, 0.6) is 0 Å². The highest BCUT2D eigenvalue weighted by Crippen LogP contribution is 2.32. The van der Waals surface area contributed by atoms with E-state index in [1.54, 1.807) is 22.6 Å². The highest BCUT2D eigenvalue weighted by Gasteiger charge is 2.21. The van der Waals surface area contributed by atoms with E-state index in [9.17, 15) is 20.2 Å². The van der Waals surface area contributed by atoms with Crippen molar-refractivity contribution in [2.45, 2.75) is 0 Å². The van der Waals surface area contributed by atoms with Crippen LogP contribution in [0.4, 0.5) is 11.4 Å². The van der Waals surface area contributed by atoms with Gasteiger partial charge in [0.1, 0.15) is 0 Å². The average Bonchev–Trinajstić information content (AvgIpc) is 2.02. The van der Waals surface area contributed by atoms with Crippen LogP contribution in [0.3, 0.4) is 0 Å². The lowest BCUT2D eigenvalue weighted by molar-refractivity contribution is -0.395. The van der Waals surface area contributed by atoms with Crippen LogP contribution in [0.1, 0.15) is 0 Å². The van der Waals surface area contributed by atoms with Crippen LogP contribution in [0.25, 0.3) is 0 Å². The monoisotopic (exact) mass is 372 g/mol. The van der Waals surface area contributed by atoms with Crippen molar-refractivity contribution in [2.75, 3.05) is 0 Å². The molecule has 0 unspecified atom stereocenters. The molecule has 0 N–H and O–H groups in total. The number of nitro benzene ring substituents is 2. The van der Waals surface area contributed by atoms with E-state index in [1.807, 2.05) is 0 Å². The van der Waals surface area contributed by atoms with Crippen LogP contribution in [-0.4, -0.2) is 9.85 Å². The van der Waals surface area contributed by atoms with Crippen LogP contribution in [0.15, 0.2) is 16.6 Å². The largest absolute Gasteiger partial charge is 0.290 e. The predicted molar refractivity (Wildman–Crippen MR) is 60.2 cm³/mol. The lowest BCUT2D eigenvalue weighted by atomic mass is 10.3. The number of rotatable bonds is 2. The topological polar surface area (TPSA) is 86.3 Å². The Labute approximate surface area is 99.9 Å². The Morgan fingerprint density at radius 1 is 1.14 bits per heavy atom. The van der Waals surface area contributed by atoms with Crippen molar-refractivity contribution in [3.8, 4) is 0 Å². The Morgan fingerprint density at radius 3 is 2.07 bits per heavy atom. The Bertz CT molecular complexity index is 387. The van der Waals surface area contributed by atoms with E-state index in [0.29, 0.717) is 3.57 Å². The molecule has 0 radical (unpaired) electrons. The molecule has 0 amide bonds. The molecule has 74 valence electrons. The van der Waals surface area contributed by atoms with Gasteiger partial charge in [0, 0.05) is 0 Å². The molecule has 0 bridgehead atoms. The quantitative estimate of drug-likeness (QED) is 0.453. The van der Waals surface area contributed by atoms with Gasteiger partial charge in [-0.1, -0.05) is 0 Å². The second-order valence-electron chi connectivity index (χ2n) is 2.27. The lowest BCUT2D eigenvalue weighted by Gasteiger charge is -1.97. The molecule has 0 aliphatic carbocycles. The first-order valence-electron chi connectivity index (χ1n) is 3.21. The number of nitrogens with zero attached hydrogens (tertiary/aromatic N) is 2. The van der Waals surface area contributed by atoms with Gasteiger partial charge in [0.25, 0.3) is 11.4 Å². The molecule has 14 heavy (non-hydrogen) atoms. The first kappa shape index (κ1) is 11.3. The van der Waals surface area contributed by atoms with Gasteiger partial charge in [-0.3, -0.25) is 20.2 Å². The molecule has 0 heterocycles. The summed E-state index contributed by atoms with van der Waals surface area (Å²) in [5.74, 6) is 0. The number of halogens is 2. The minimum Gasteiger partial charge on any atom is -0.258 e. The summed E-state index contributed by atoms with van der Waals surface area (Å²) in [6.07, 6.45) is 0. The predicted octanol–water partition coefficient (Wildman–Crippen LogP) is 2.87. The van der Waals surface area contributed by atoms with E-state index < -0.39 is 9.85 Å². The van der Waals surface area contributed by atoms with E-state index in [2.05, 4.69) is 15.9 Å². The molecule has 1 aromatic rings. The fraction of sp³-hybridized carbons (Fsp3) is 0. The van der Waals surface area contributed by atoms with Crippen molar-refractivity contribution in [1.29, 1.82) is 0 Å². The smallest absolute Gasteiger partial charge is 0.258 e. The van der Waals surface area contributed by atoms with Gasteiger partial charge in [0.05, 0.1) is 24.0 Å². The van der Waals surface area contributed by atoms with Crippen molar-refractivity contribution >= 4 is 49.9 Å². The van der Waals surface area contributed by atoms with Gasteiger partial charge in [-0.2, -0.15) is 0 Å². The van der Waals surface area contributed by atoms with E-state index in [-0.39, 0.29) is 15.8 Å². The Hall–Kier alpha value is -0.770. The standard InChI is InChI=1S/C6H2BrIN2O4/c7-3-1-4(8)6(10(13)14)2-5(3)9(11)12/h1-2H. The SMILES string of the molecule is O=[N+]([O-])c1cc([N+](=O)[O-])c(I)cc1Br. The zero-order valence-electron chi connectivity index (χ0n) is 6.44. The van der Waals surface area contributed by atoms with Gasteiger partial charge < -0.3 is 0 Å². The highest BCUT2D eigenvalue weighted by atomic mass is 127. The van der Waals surface area contributed by atoms with Crippen LogP contribution in [0, 0.1) is 23.8 Å². The average molecular weight is 373 g/mol. The van der Waals surface area contributed by atoms with Crippen molar-refractivity contribution in [3.63, 3.8) is 0 Å². The molecule has 0 spiro atoms. The molecule has 0 aliphatic rings. The van der Waals surface area contributed by atoms with E-state index in [1.165, 1.54) is 6.07 Å². The van der Waals surface area contributed by atoms with Gasteiger partial charge in [-0.15, -0.1) is 0 Å². The minimum atomic E-state index is -0.673. The zero-order valence-corrected chi connectivity index (χ0v) is 10.2. The van der Waals surface area contributed by atoms with Gasteiger partial charge in [-0.05, 0) is 44.6 Å². The van der Waals surface area contributed by atoms with E-state index >= 15 is 0 Å². The summed E-state index contributed by atoms with van der Waals surface area (Å²) in [7, 11) is 0. The summed E-state index contributed by atoms with van der Waals surface area (Å²) in [5, 5.41) is 20.9. The Kier molecular flexibility index (Phi) is 3.37. The fourth-order valence-electron chi connectivity index (χ4n) is 0.806. The zero-order chi connectivity index (χ0) is 10.9. The van der Waals surface area contributed by atoms with Crippen LogP contribution < -0.4 is 0 Å². The third-order valence-corrected chi connectivity index (χ3v) is 2.91. The first-order valence-corrected chi connectivity index (χ1v) is 5.08. The molecule has 1 rings (SSSR count). The van der Waals surface area contributed by atoms with Gasteiger partial charge in [-0.25, -0.2) is 0 Å². The summed E-state index contributed by atoms with van der Waals surface area (Å²) in [5.41, 5.74) is -0.572. The molecule has 0 saturated carbocycles. The maximum absolute atomic E-state index is 10.5. The second kappa shape index (κ2) is 4.17. The van der Waals surface area contributed by atoms with Crippen molar-refractivity contribution < 1.29 is 9.85 Å². The number of hydrogen-bond acceptors (Lipinski definition) is 4. The van der Waals surface area contributed by atoms with Crippen LogP contribution >= 0.6 is 38.5 Å². The van der Waals surface area contributed by atoms with Gasteiger partial charge in [0.15, 0.2) is 0 Å². The molecule has 8 heteroatoms. The third kappa shape index (κ3) is 2.18. The summed E-state index contributed by atoms with van der Waals surface area (Å²) in [4.78, 5) is 19.6. The molecule has 0 fully saturated rings. The van der Waals surface area contributed by atoms with Crippen LogP contribution in [-0.2, 0) is 0 Å². The minimum absolute atomic E-state index is 0.234. The summed E-state index contributed by atoms with van der Waals surface area (Å²) >= 11 is 4.71. The molecule has 0 saturated heterocycles. The molecular formula is C6H2BrIN2O4. The van der Waals surface area contributed by atoms with E-state index in [4.69, 9.17) is 0 Å². The Balaban J connectivity index is 3.42. The summed E-state index contributed by atoms with van der Waals surface area (Å²) in [6.45, 7) is 0. The van der Waals surface area contributed by atoms with Crippen molar-refractivity contribution in [2.24, 2.45) is 0 Å².